The minimum absolute atomic E-state index is 0.0186. The van der Waals surface area contributed by atoms with E-state index in [0.717, 1.165) is 33.9 Å². The van der Waals surface area contributed by atoms with Crippen LogP contribution < -0.4 is 11.0 Å². The minimum atomic E-state index is -0.0186. The number of hydrogen-bond acceptors (Lipinski definition) is 3. The molecule has 0 fully saturated rings. The van der Waals surface area contributed by atoms with Gasteiger partial charge in [-0.05, 0) is 37.3 Å². The maximum absolute atomic E-state index is 12.1. The van der Waals surface area contributed by atoms with Crippen LogP contribution in [-0.4, -0.2) is 18.7 Å². The summed E-state index contributed by atoms with van der Waals surface area (Å²) in [6.07, 6.45) is 1.89. The van der Waals surface area contributed by atoms with Gasteiger partial charge >= 0.3 is 5.69 Å². The third-order valence-corrected chi connectivity index (χ3v) is 4.77. The quantitative estimate of drug-likeness (QED) is 0.617. The smallest absolute Gasteiger partial charge is 0.328 e. The molecule has 0 aliphatic rings. The van der Waals surface area contributed by atoms with Crippen LogP contribution in [0.4, 0.5) is 5.69 Å². The summed E-state index contributed by atoms with van der Waals surface area (Å²) in [5.41, 5.74) is 4.96. The molecule has 2 aromatic carbocycles. The van der Waals surface area contributed by atoms with E-state index in [9.17, 15) is 4.79 Å². The maximum Gasteiger partial charge on any atom is 0.328 e. The van der Waals surface area contributed by atoms with Gasteiger partial charge in [-0.1, -0.05) is 18.2 Å². The highest BCUT2D eigenvalue weighted by atomic mass is 16.1. The van der Waals surface area contributed by atoms with Crippen LogP contribution in [0.15, 0.2) is 59.5 Å². The normalized spacial score (nSPS) is 11.2. The zero-order valence-corrected chi connectivity index (χ0v) is 15.1. The Kier molecular flexibility index (Phi) is 3.88. The van der Waals surface area contributed by atoms with Gasteiger partial charge < -0.3 is 5.32 Å². The molecule has 4 rings (SSSR count). The third-order valence-electron chi connectivity index (χ3n) is 4.77. The van der Waals surface area contributed by atoms with E-state index in [1.54, 1.807) is 23.2 Å². The standard InChI is InChI=1S/C20H21N5O/c1-14-21-12-17(25(14)16-7-5-4-6-8-16)13-22-15-9-10-18-19(11-15)24(3)20(26)23(18)2/h4-12,22H,13H2,1-3H3. The van der Waals surface area contributed by atoms with Crippen molar-refractivity contribution in [2.24, 2.45) is 14.1 Å². The summed E-state index contributed by atoms with van der Waals surface area (Å²) in [6.45, 7) is 2.64. The number of fused-ring (bicyclic) bond motifs is 1. The van der Waals surface area contributed by atoms with Crippen molar-refractivity contribution in [1.82, 2.24) is 18.7 Å². The largest absolute Gasteiger partial charge is 0.379 e. The van der Waals surface area contributed by atoms with E-state index in [4.69, 9.17) is 0 Å². The monoisotopic (exact) mass is 347 g/mol. The number of nitrogens with zero attached hydrogens (tertiary/aromatic N) is 4. The second-order valence-electron chi connectivity index (χ2n) is 6.43. The van der Waals surface area contributed by atoms with Crippen LogP contribution in [-0.2, 0) is 20.6 Å². The lowest BCUT2D eigenvalue weighted by Gasteiger charge is -2.12. The number of anilines is 1. The Hall–Kier alpha value is -3.28. The Bertz CT molecular complexity index is 1130. The van der Waals surface area contributed by atoms with Gasteiger partial charge in [0, 0.05) is 25.5 Å². The molecule has 0 aliphatic heterocycles. The predicted octanol–water partition coefficient (Wildman–Crippen LogP) is 2.98. The van der Waals surface area contributed by atoms with E-state index in [-0.39, 0.29) is 5.69 Å². The molecule has 6 heteroatoms. The van der Waals surface area contributed by atoms with E-state index in [0.29, 0.717) is 6.54 Å². The number of nitrogens with one attached hydrogen (secondary N) is 1. The van der Waals surface area contributed by atoms with Crippen molar-refractivity contribution in [3.8, 4) is 5.69 Å². The highest BCUT2D eigenvalue weighted by molar-refractivity contribution is 5.80. The zero-order valence-electron chi connectivity index (χ0n) is 15.1. The first-order valence-electron chi connectivity index (χ1n) is 8.54. The second kappa shape index (κ2) is 6.22. The fourth-order valence-electron chi connectivity index (χ4n) is 3.36. The molecule has 2 heterocycles. The minimum Gasteiger partial charge on any atom is -0.379 e. The number of hydrogen-bond donors (Lipinski definition) is 1. The average Bonchev–Trinajstić information content (AvgIpc) is 3.14. The molecule has 2 aromatic heterocycles. The van der Waals surface area contributed by atoms with Crippen LogP contribution >= 0.6 is 0 Å². The van der Waals surface area contributed by atoms with E-state index < -0.39 is 0 Å². The molecule has 0 unspecified atom stereocenters. The fraction of sp³-hybridized carbons (Fsp3) is 0.200. The van der Waals surface area contributed by atoms with Crippen LogP contribution in [0, 0.1) is 6.92 Å². The van der Waals surface area contributed by atoms with Gasteiger partial charge in [-0.3, -0.25) is 13.7 Å². The zero-order chi connectivity index (χ0) is 18.3. The summed E-state index contributed by atoms with van der Waals surface area (Å²) in [6, 6.07) is 16.2. The highest BCUT2D eigenvalue weighted by Gasteiger charge is 2.10. The molecule has 0 bridgehead atoms. The Morgan fingerprint density at radius 3 is 2.50 bits per heavy atom. The fourth-order valence-corrected chi connectivity index (χ4v) is 3.36. The van der Waals surface area contributed by atoms with Crippen molar-refractivity contribution in [2.75, 3.05) is 5.32 Å². The summed E-state index contributed by atoms with van der Waals surface area (Å²) in [5, 5.41) is 3.45. The first kappa shape index (κ1) is 16.2. The average molecular weight is 347 g/mol. The van der Waals surface area contributed by atoms with Crippen LogP contribution in [0.1, 0.15) is 11.5 Å². The Labute approximate surface area is 151 Å². The molecule has 0 radical (unpaired) electrons. The summed E-state index contributed by atoms with van der Waals surface area (Å²) in [5.74, 6) is 0.953. The molecule has 4 aromatic rings. The number of benzene rings is 2. The van der Waals surface area contributed by atoms with Crippen molar-refractivity contribution in [3.63, 3.8) is 0 Å². The second-order valence-corrected chi connectivity index (χ2v) is 6.43. The van der Waals surface area contributed by atoms with Gasteiger partial charge in [-0.25, -0.2) is 9.78 Å². The van der Waals surface area contributed by atoms with Gasteiger partial charge in [0.05, 0.1) is 29.5 Å². The van der Waals surface area contributed by atoms with Gasteiger partial charge in [0.2, 0.25) is 0 Å². The third kappa shape index (κ3) is 2.60. The van der Waals surface area contributed by atoms with E-state index in [1.807, 2.05) is 49.5 Å². The molecular weight excluding hydrogens is 326 g/mol. The van der Waals surface area contributed by atoms with Crippen LogP contribution in [0.25, 0.3) is 16.7 Å². The highest BCUT2D eigenvalue weighted by Crippen LogP contribution is 2.20. The number of rotatable bonds is 4. The van der Waals surface area contributed by atoms with Crippen molar-refractivity contribution in [3.05, 3.63) is 76.7 Å². The van der Waals surface area contributed by atoms with Crippen molar-refractivity contribution >= 4 is 16.7 Å². The lowest BCUT2D eigenvalue weighted by Crippen LogP contribution is -2.19. The molecule has 0 amide bonds. The maximum atomic E-state index is 12.1. The molecule has 0 saturated carbocycles. The topological polar surface area (TPSA) is 56.8 Å². The number of aromatic nitrogens is 4. The Balaban J connectivity index is 1.64. The van der Waals surface area contributed by atoms with E-state index in [2.05, 4.69) is 27.0 Å². The van der Waals surface area contributed by atoms with Crippen molar-refractivity contribution < 1.29 is 0 Å². The number of aryl methyl sites for hydroxylation is 3. The summed E-state index contributed by atoms with van der Waals surface area (Å²) in [7, 11) is 3.58. The molecule has 0 atom stereocenters. The molecule has 1 N–H and O–H groups in total. The molecule has 132 valence electrons. The summed E-state index contributed by atoms with van der Waals surface area (Å²) < 4.78 is 5.47. The summed E-state index contributed by atoms with van der Waals surface area (Å²) >= 11 is 0. The SMILES string of the molecule is Cc1ncc(CNc2ccc3c(c2)n(C)c(=O)n3C)n1-c1ccccc1. The molecule has 0 aliphatic carbocycles. The predicted molar refractivity (Wildman–Crippen MR) is 104 cm³/mol. The molecule has 26 heavy (non-hydrogen) atoms. The summed E-state index contributed by atoms with van der Waals surface area (Å²) in [4.78, 5) is 16.5. The van der Waals surface area contributed by atoms with Gasteiger partial charge in [-0.2, -0.15) is 0 Å². The van der Waals surface area contributed by atoms with Crippen LogP contribution in [0.5, 0.6) is 0 Å². The molecular formula is C20H21N5O. The Morgan fingerprint density at radius 1 is 1.00 bits per heavy atom. The van der Waals surface area contributed by atoms with E-state index >= 15 is 0 Å². The lowest BCUT2D eigenvalue weighted by molar-refractivity contribution is 0.795. The first-order valence-corrected chi connectivity index (χ1v) is 8.54. The Morgan fingerprint density at radius 2 is 1.73 bits per heavy atom. The van der Waals surface area contributed by atoms with Crippen LogP contribution in [0.2, 0.25) is 0 Å². The van der Waals surface area contributed by atoms with Crippen LogP contribution in [0.3, 0.4) is 0 Å². The molecule has 0 spiro atoms. The van der Waals surface area contributed by atoms with E-state index in [1.165, 1.54) is 0 Å². The van der Waals surface area contributed by atoms with Gasteiger partial charge in [0.15, 0.2) is 0 Å². The molecule has 6 nitrogen and oxygen atoms in total. The van der Waals surface area contributed by atoms with Gasteiger partial charge in [0.1, 0.15) is 5.82 Å². The molecule has 0 saturated heterocycles. The van der Waals surface area contributed by atoms with Crippen molar-refractivity contribution in [2.45, 2.75) is 13.5 Å². The van der Waals surface area contributed by atoms with Gasteiger partial charge in [-0.15, -0.1) is 0 Å². The number of imidazole rings is 2. The lowest BCUT2D eigenvalue weighted by atomic mass is 10.2. The first-order chi connectivity index (χ1) is 12.6. The van der Waals surface area contributed by atoms with Crippen molar-refractivity contribution in [1.29, 1.82) is 0 Å². The van der Waals surface area contributed by atoms with Gasteiger partial charge in [0.25, 0.3) is 0 Å². The number of para-hydroxylation sites is 1.